The van der Waals surface area contributed by atoms with Crippen molar-refractivity contribution in [2.24, 2.45) is 5.92 Å². The monoisotopic (exact) mass is 218 g/mol. The van der Waals surface area contributed by atoms with Gasteiger partial charge in [0, 0.05) is 32.5 Å². The van der Waals surface area contributed by atoms with E-state index in [1.807, 2.05) is 0 Å². The third-order valence-corrected chi connectivity index (χ3v) is 2.69. The Morgan fingerprint density at radius 1 is 1.47 bits per heavy atom. The number of piperidine rings is 1. The first-order valence-electron chi connectivity index (χ1n) is 5.01. The lowest BCUT2D eigenvalue weighted by molar-refractivity contribution is -0.119. The molecule has 0 aromatic carbocycles. The molecule has 1 amide bonds. The Morgan fingerprint density at radius 2 is 2.13 bits per heavy atom. The molecule has 1 aliphatic heterocycles. The SMILES string of the molecule is CC(=O)NC[C@H]1NC[C@H](CO)[C@@H](O)[C@@H]1O. The number of nitrogens with one attached hydrogen (secondary N) is 2. The summed E-state index contributed by atoms with van der Waals surface area (Å²) in [5, 5.41) is 33.7. The minimum atomic E-state index is -0.970. The molecule has 1 aliphatic rings. The third-order valence-electron chi connectivity index (χ3n) is 2.69. The molecule has 4 atom stereocenters. The molecule has 1 saturated heterocycles. The Kier molecular flexibility index (Phi) is 4.46. The maximum Gasteiger partial charge on any atom is 0.216 e. The first kappa shape index (κ1) is 12.4. The summed E-state index contributed by atoms with van der Waals surface area (Å²) in [5.74, 6) is -0.531. The Labute approximate surface area is 88.3 Å². The maximum atomic E-state index is 10.7. The molecule has 6 nitrogen and oxygen atoms in total. The van der Waals surface area contributed by atoms with Crippen LogP contribution < -0.4 is 10.6 Å². The van der Waals surface area contributed by atoms with E-state index in [-0.39, 0.29) is 31.0 Å². The van der Waals surface area contributed by atoms with Crippen LogP contribution in [0.2, 0.25) is 0 Å². The van der Waals surface area contributed by atoms with E-state index in [9.17, 15) is 15.0 Å². The molecule has 0 aromatic rings. The van der Waals surface area contributed by atoms with E-state index < -0.39 is 12.2 Å². The highest BCUT2D eigenvalue weighted by Crippen LogP contribution is 2.15. The van der Waals surface area contributed by atoms with Crippen LogP contribution in [0.5, 0.6) is 0 Å². The number of rotatable bonds is 3. The third kappa shape index (κ3) is 3.13. The normalized spacial score (nSPS) is 36.3. The Bertz CT molecular complexity index is 224. The molecule has 1 heterocycles. The number of hydrogen-bond donors (Lipinski definition) is 5. The van der Waals surface area contributed by atoms with Crippen LogP contribution in [0.15, 0.2) is 0 Å². The summed E-state index contributed by atoms with van der Waals surface area (Å²) in [6, 6.07) is -0.369. The summed E-state index contributed by atoms with van der Waals surface area (Å²) in [4.78, 5) is 10.7. The first-order chi connectivity index (χ1) is 7.06. The summed E-state index contributed by atoms with van der Waals surface area (Å²) >= 11 is 0. The fraction of sp³-hybridized carbons (Fsp3) is 0.889. The number of carbonyl (C=O) groups is 1. The summed E-state index contributed by atoms with van der Waals surface area (Å²) in [6.07, 6.45) is -1.92. The molecule has 0 radical (unpaired) electrons. The van der Waals surface area contributed by atoms with Crippen molar-refractivity contribution in [3.05, 3.63) is 0 Å². The van der Waals surface area contributed by atoms with Gasteiger partial charge in [0.2, 0.25) is 5.91 Å². The van der Waals surface area contributed by atoms with Gasteiger partial charge in [-0.3, -0.25) is 4.79 Å². The molecule has 1 fully saturated rings. The molecule has 0 bridgehead atoms. The second kappa shape index (κ2) is 5.41. The van der Waals surface area contributed by atoms with Gasteiger partial charge in [0.05, 0.1) is 18.2 Å². The molecule has 0 unspecified atom stereocenters. The lowest BCUT2D eigenvalue weighted by atomic mass is 9.89. The van der Waals surface area contributed by atoms with Crippen LogP contribution >= 0.6 is 0 Å². The summed E-state index contributed by atoms with van der Waals surface area (Å²) in [7, 11) is 0. The summed E-state index contributed by atoms with van der Waals surface area (Å²) < 4.78 is 0. The van der Waals surface area contributed by atoms with Gasteiger partial charge in [-0.05, 0) is 0 Å². The molecule has 0 aliphatic carbocycles. The minimum absolute atomic E-state index is 0.169. The molecule has 5 N–H and O–H groups in total. The topological polar surface area (TPSA) is 102 Å². The van der Waals surface area contributed by atoms with Crippen LogP contribution in [0.25, 0.3) is 0 Å². The van der Waals surface area contributed by atoms with Gasteiger partial charge in [-0.2, -0.15) is 0 Å². The van der Waals surface area contributed by atoms with E-state index in [0.717, 1.165) is 0 Å². The molecular weight excluding hydrogens is 200 g/mol. The van der Waals surface area contributed by atoms with Crippen molar-refractivity contribution >= 4 is 5.91 Å². The van der Waals surface area contributed by atoms with E-state index >= 15 is 0 Å². The van der Waals surface area contributed by atoms with Crippen molar-refractivity contribution in [2.45, 2.75) is 25.2 Å². The average Bonchev–Trinajstić information content (AvgIpc) is 2.20. The lowest BCUT2D eigenvalue weighted by Crippen LogP contribution is -2.61. The molecule has 6 heteroatoms. The van der Waals surface area contributed by atoms with Gasteiger partial charge >= 0.3 is 0 Å². The van der Waals surface area contributed by atoms with Crippen LogP contribution in [0.4, 0.5) is 0 Å². The predicted octanol–water partition coefficient (Wildman–Crippen LogP) is -2.58. The van der Waals surface area contributed by atoms with Gasteiger partial charge in [-0.1, -0.05) is 0 Å². The Morgan fingerprint density at radius 3 is 2.67 bits per heavy atom. The first-order valence-corrected chi connectivity index (χ1v) is 5.01. The van der Waals surface area contributed by atoms with E-state index in [1.165, 1.54) is 6.92 Å². The van der Waals surface area contributed by atoms with Gasteiger partial charge in [0.25, 0.3) is 0 Å². The van der Waals surface area contributed by atoms with E-state index in [2.05, 4.69) is 10.6 Å². The van der Waals surface area contributed by atoms with Crippen molar-refractivity contribution in [1.82, 2.24) is 10.6 Å². The largest absolute Gasteiger partial charge is 0.396 e. The lowest BCUT2D eigenvalue weighted by Gasteiger charge is -2.37. The quantitative estimate of drug-likeness (QED) is 0.358. The Hall–Kier alpha value is -0.690. The predicted molar refractivity (Wildman–Crippen MR) is 53.1 cm³/mol. The van der Waals surface area contributed by atoms with Crippen molar-refractivity contribution in [3.8, 4) is 0 Å². The number of amides is 1. The molecule has 0 spiro atoms. The van der Waals surface area contributed by atoms with Gasteiger partial charge < -0.3 is 26.0 Å². The molecule has 88 valence electrons. The number of aliphatic hydroxyl groups is 3. The highest BCUT2D eigenvalue weighted by molar-refractivity contribution is 5.72. The molecular formula is C9H18N2O4. The maximum absolute atomic E-state index is 10.7. The standard InChI is InChI=1S/C9H18N2O4/c1-5(13)10-3-7-9(15)8(14)6(4-12)2-11-7/h6-9,11-12,14-15H,2-4H2,1H3,(H,10,13)/t6-,7-,8-,9-/m1/s1. The van der Waals surface area contributed by atoms with Gasteiger partial charge in [0.1, 0.15) is 0 Å². The zero-order valence-electron chi connectivity index (χ0n) is 8.68. The zero-order valence-corrected chi connectivity index (χ0v) is 8.68. The summed E-state index contributed by atoms with van der Waals surface area (Å²) in [5.41, 5.74) is 0. The van der Waals surface area contributed by atoms with Gasteiger partial charge in [0.15, 0.2) is 0 Å². The summed E-state index contributed by atoms with van der Waals surface area (Å²) in [6.45, 7) is 1.92. The van der Waals surface area contributed by atoms with Crippen LogP contribution in [-0.4, -0.2) is 59.2 Å². The van der Waals surface area contributed by atoms with Crippen LogP contribution in [0.1, 0.15) is 6.92 Å². The number of aliphatic hydroxyl groups excluding tert-OH is 3. The highest BCUT2D eigenvalue weighted by Gasteiger charge is 2.36. The molecule has 15 heavy (non-hydrogen) atoms. The fourth-order valence-electron chi connectivity index (χ4n) is 1.68. The Balaban J connectivity index is 2.45. The smallest absolute Gasteiger partial charge is 0.216 e. The van der Waals surface area contributed by atoms with Gasteiger partial charge in [-0.25, -0.2) is 0 Å². The van der Waals surface area contributed by atoms with Crippen LogP contribution in [0.3, 0.4) is 0 Å². The van der Waals surface area contributed by atoms with Gasteiger partial charge in [-0.15, -0.1) is 0 Å². The zero-order chi connectivity index (χ0) is 11.4. The number of hydrogen-bond acceptors (Lipinski definition) is 5. The van der Waals surface area contributed by atoms with E-state index in [0.29, 0.717) is 6.54 Å². The van der Waals surface area contributed by atoms with Crippen LogP contribution in [0, 0.1) is 5.92 Å². The van der Waals surface area contributed by atoms with Crippen molar-refractivity contribution in [3.63, 3.8) is 0 Å². The molecule has 0 aromatic heterocycles. The minimum Gasteiger partial charge on any atom is -0.396 e. The van der Waals surface area contributed by atoms with E-state index in [4.69, 9.17) is 5.11 Å². The van der Waals surface area contributed by atoms with Crippen LogP contribution in [-0.2, 0) is 4.79 Å². The number of carbonyl (C=O) groups excluding carboxylic acids is 1. The van der Waals surface area contributed by atoms with Crippen molar-refractivity contribution in [1.29, 1.82) is 0 Å². The second-order valence-corrected chi connectivity index (χ2v) is 3.88. The second-order valence-electron chi connectivity index (χ2n) is 3.88. The van der Waals surface area contributed by atoms with Crippen molar-refractivity contribution < 1.29 is 20.1 Å². The molecule has 1 rings (SSSR count). The van der Waals surface area contributed by atoms with Crippen molar-refractivity contribution in [2.75, 3.05) is 19.7 Å². The average molecular weight is 218 g/mol. The fourth-order valence-corrected chi connectivity index (χ4v) is 1.68. The molecule has 0 saturated carbocycles. The highest BCUT2D eigenvalue weighted by atomic mass is 16.3. The van der Waals surface area contributed by atoms with E-state index in [1.54, 1.807) is 0 Å².